The molecule has 1 saturated carbocycles. The highest BCUT2D eigenvalue weighted by Gasteiger charge is 2.32. The minimum atomic E-state index is -0.488. The van der Waals surface area contributed by atoms with Crippen LogP contribution < -0.4 is 21.1 Å². The van der Waals surface area contributed by atoms with Crippen molar-refractivity contribution in [2.45, 2.75) is 88.7 Å². The van der Waals surface area contributed by atoms with Crippen LogP contribution in [-0.4, -0.2) is 64.5 Å². The molecular formula is C34H47N5O5. The number of phenolic OH excluding ortho intramolecular Hbond substituents is 2. The third-order valence-corrected chi connectivity index (χ3v) is 8.51. The van der Waals surface area contributed by atoms with Gasteiger partial charge in [0.05, 0.1) is 19.2 Å². The van der Waals surface area contributed by atoms with Crippen molar-refractivity contribution >= 4 is 17.5 Å². The molecule has 0 radical (unpaired) electrons. The fourth-order valence-electron chi connectivity index (χ4n) is 5.99. The second-order valence-corrected chi connectivity index (χ2v) is 12.0. The van der Waals surface area contributed by atoms with Gasteiger partial charge in [-0.15, -0.1) is 0 Å². The van der Waals surface area contributed by atoms with E-state index in [0.29, 0.717) is 37.4 Å². The highest BCUT2D eigenvalue weighted by Crippen LogP contribution is 2.32. The number of carbonyl (C=O) groups is 2. The molecule has 44 heavy (non-hydrogen) atoms. The number of aliphatic imine (C=N–C) groups is 1. The summed E-state index contributed by atoms with van der Waals surface area (Å²) in [5.41, 5.74) is 7.63. The van der Waals surface area contributed by atoms with Crippen molar-refractivity contribution in [3.63, 3.8) is 0 Å². The Balaban J connectivity index is 1.31. The number of carbonyl (C=O) groups excluding carboxylic acids is 2. The van der Waals surface area contributed by atoms with Gasteiger partial charge in [0.25, 0.3) is 0 Å². The number of aromatic hydroxyl groups is 2. The average molecular weight is 606 g/mol. The first kappa shape index (κ1) is 32.7. The summed E-state index contributed by atoms with van der Waals surface area (Å²) in [6.45, 7) is 1.49. The average Bonchev–Trinajstić information content (AvgIpc) is 3.72. The van der Waals surface area contributed by atoms with E-state index in [1.165, 1.54) is 0 Å². The number of benzene rings is 2. The minimum absolute atomic E-state index is 0.0756. The third kappa shape index (κ3) is 10.2. The zero-order valence-corrected chi connectivity index (χ0v) is 25.8. The molecule has 2 aromatic carbocycles. The van der Waals surface area contributed by atoms with E-state index in [4.69, 9.17) is 10.5 Å². The van der Waals surface area contributed by atoms with Gasteiger partial charge in [0, 0.05) is 44.4 Å². The molecule has 238 valence electrons. The van der Waals surface area contributed by atoms with Crippen LogP contribution in [0, 0.1) is 0 Å². The van der Waals surface area contributed by atoms with E-state index in [0.717, 1.165) is 56.4 Å². The zero-order valence-electron chi connectivity index (χ0n) is 25.8. The maximum Gasteiger partial charge on any atom is 0.188 e. The Kier molecular flexibility index (Phi) is 11.9. The predicted molar refractivity (Wildman–Crippen MR) is 171 cm³/mol. The highest BCUT2D eigenvalue weighted by molar-refractivity contribution is 5.99. The number of ketones is 2. The van der Waals surface area contributed by atoms with Crippen molar-refractivity contribution in [3.8, 4) is 17.2 Å². The highest BCUT2D eigenvalue weighted by atomic mass is 16.5. The SMILES string of the molecule is CN=C(N)N[C@@](CCCC(=O)CC(=O)CCc1ccc(O)c(OC2CCCC2)c1)(CCN1C=CNC1)Cc1ccc(O)cc1. The fourth-order valence-corrected chi connectivity index (χ4v) is 5.99. The van der Waals surface area contributed by atoms with Crippen molar-refractivity contribution in [2.24, 2.45) is 10.7 Å². The maximum atomic E-state index is 12.9. The van der Waals surface area contributed by atoms with Gasteiger partial charge in [0.15, 0.2) is 17.5 Å². The summed E-state index contributed by atoms with van der Waals surface area (Å²) in [6.07, 6.45) is 11.9. The maximum absolute atomic E-state index is 12.9. The largest absolute Gasteiger partial charge is 0.508 e. The summed E-state index contributed by atoms with van der Waals surface area (Å²) in [5, 5.41) is 26.6. The minimum Gasteiger partial charge on any atom is -0.508 e. The molecule has 0 saturated heterocycles. The Hall–Kier alpha value is -4.21. The van der Waals surface area contributed by atoms with Crippen LogP contribution in [0.2, 0.25) is 0 Å². The smallest absolute Gasteiger partial charge is 0.188 e. The lowest BCUT2D eigenvalue weighted by molar-refractivity contribution is -0.127. The van der Waals surface area contributed by atoms with Crippen molar-refractivity contribution in [3.05, 3.63) is 66.0 Å². The Bertz CT molecular complexity index is 1310. The molecule has 1 aliphatic heterocycles. The lowest BCUT2D eigenvalue weighted by atomic mass is 9.82. The summed E-state index contributed by atoms with van der Waals surface area (Å²) in [4.78, 5) is 31.9. The number of hydrogen-bond donors (Lipinski definition) is 5. The molecule has 0 amide bonds. The first-order valence-electron chi connectivity index (χ1n) is 15.7. The van der Waals surface area contributed by atoms with Crippen molar-refractivity contribution in [1.82, 2.24) is 15.5 Å². The van der Waals surface area contributed by atoms with E-state index >= 15 is 0 Å². The number of aryl methyl sites for hydroxylation is 1. The normalized spacial score (nSPS) is 16.5. The van der Waals surface area contributed by atoms with Crippen LogP contribution in [0.5, 0.6) is 17.2 Å². The van der Waals surface area contributed by atoms with Crippen molar-refractivity contribution in [1.29, 1.82) is 0 Å². The molecule has 1 atom stereocenters. The molecule has 10 nitrogen and oxygen atoms in total. The number of hydrogen-bond acceptors (Lipinski definition) is 8. The zero-order chi connectivity index (χ0) is 31.4. The van der Waals surface area contributed by atoms with Gasteiger partial charge >= 0.3 is 0 Å². The van der Waals surface area contributed by atoms with Gasteiger partial charge in [-0.1, -0.05) is 18.2 Å². The number of Topliss-reactive ketones (excluding diaryl/α,β-unsaturated/α-hetero) is 2. The molecule has 6 N–H and O–H groups in total. The third-order valence-electron chi connectivity index (χ3n) is 8.51. The number of nitrogens with two attached hydrogens (primary N) is 1. The van der Waals surface area contributed by atoms with E-state index in [9.17, 15) is 19.8 Å². The van der Waals surface area contributed by atoms with E-state index in [1.54, 1.807) is 31.3 Å². The van der Waals surface area contributed by atoms with Gasteiger partial charge in [-0.2, -0.15) is 0 Å². The van der Waals surface area contributed by atoms with Crippen LogP contribution in [0.1, 0.15) is 75.3 Å². The monoisotopic (exact) mass is 605 g/mol. The summed E-state index contributed by atoms with van der Waals surface area (Å²) in [7, 11) is 1.64. The first-order chi connectivity index (χ1) is 21.2. The summed E-state index contributed by atoms with van der Waals surface area (Å²) in [6, 6.07) is 12.3. The topological polar surface area (TPSA) is 150 Å². The van der Waals surface area contributed by atoms with Gasteiger partial charge < -0.3 is 36.2 Å². The van der Waals surface area contributed by atoms with E-state index < -0.39 is 5.54 Å². The molecule has 2 aromatic rings. The van der Waals surface area contributed by atoms with Crippen LogP contribution in [-0.2, 0) is 22.4 Å². The molecule has 10 heteroatoms. The Labute approximate surface area is 260 Å². The standard InChI is InChI=1S/C34H47N5O5/c1-36-33(35)38-34(17-19-39-20-18-37-24-39,23-26-9-12-27(40)13-10-26)16-4-5-28(41)22-29(42)14-8-25-11-15-31(43)32(21-25)44-30-6-2-3-7-30/h9-13,15,18,20-21,30,37,40,43H,2-8,14,16-17,19,22-24H2,1H3,(H3,35,36,38)/t34-/m0/s1. The number of nitrogens with one attached hydrogen (secondary N) is 2. The second kappa shape index (κ2) is 16.0. The number of ether oxygens (including phenoxy) is 1. The van der Waals surface area contributed by atoms with Gasteiger partial charge in [-0.05, 0) is 93.2 Å². The number of rotatable bonds is 17. The molecule has 0 spiro atoms. The Morgan fingerprint density at radius 1 is 1.07 bits per heavy atom. The second-order valence-electron chi connectivity index (χ2n) is 12.0. The molecule has 1 fully saturated rings. The summed E-state index contributed by atoms with van der Waals surface area (Å²) >= 11 is 0. The van der Waals surface area contributed by atoms with Crippen LogP contribution in [0.15, 0.2) is 59.9 Å². The number of phenols is 2. The van der Waals surface area contributed by atoms with Crippen LogP contribution in [0.3, 0.4) is 0 Å². The molecule has 0 bridgehead atoms. The van der Waals surface area contributed by atoms with Crippen LogP contribution in [0.4, 0.5) is 0 Å². The molecule has 4 rings (SSSR count). The summed E-state index contributed by atoms with van der Waals surface area (Å²) in [5.74, 6) is 0.936. The van der Waals surface area contributed by atoms with Crippen molar-refractivity contribution in [2.75, 3.05) is 20.3 Å². The lowest BCUT2D eigenvalue weighted by Crippen LogP contribution is -2.54. The van der Waals surface area contributed by atoms with Gasteiger partial charge in [0.1, 0.15) is 17.3 Å². The van der Waals surface area contributed by atoms with Gasteiger partial charge in [0.2, 0.25) is 0 Å². The summed E-state index contributed by atoms with van der Waals surface area (Å²) < 4.78 is 5.98. The van der Waals surface area contributed by atoms with E-state index in [1.807, 2.05) is 30.6 Å². The van der Waals surface area contributed by atoms with Crippen LogP contribution >= 0.6 is 0 Å². The van der Waals surface area contributed by atoms with Crippen molar-refractivity contribution < 1.29 is 24.5 Å². The molecular weight excluding hydrogens is 558 g/mol. The number of nitrogens with zero attached hydrogens (tertiary/aromatic N) is 2. The Morgan fingerprint density at radius 3 is 2.50 bits per heavy atom. The quantitative estimate of drug-likeness (QED) is 0.101. The van der Waals surface area contributed by atoms with Gasteiger partial charge in [-0.25, -0.2) is 0 Å². The van der Waals surface area contributed by atoms with Crippen LogP contribution in [0.25, 0.3) is 0 Å². The molecule has 2 aliphatic rings. The van der Waals surface area contributed by atoms with Gasteiger partial charge in [-0.3, -0.25) is 14.6 Å². The first-order valence-corrected chi connectivity index (χ1v) is 15.7. The molecule has 0 unspecified atom stereocenters. The molecule has 0 aromatic heterocycles. The van der Waals surface area contributed by atoms with E-state index in [-0.39, 0.29) is 48.4 Å². The molecule has 1 aliphatic carbocycles. The van der Waals surface area contributed by atoms with E-state index in [2.05, 4.69) is 20.5 Å². The predicted octanol–water partition coefficient (Wildman–Crippen LogP) is 4.29. The fraction of sp³-hybridized carbons (Fsp3) is 0.500. The number of guanidine groups is 1. The molecule has 1 heterocycles. The lowest BCUT2D eigenvalue weighted by Gasteiger charge is -2.37. The Morgan fingerprint density at radius 2 is 1.80 bits per heavy atom.